The van der Waals surface area contributed by atoms with Crippen molar-refractivity contribution in [1.82, 2.24) is 9.97 Å². The Morgan fingerprint density at radius 2 is 1.18 bits per heavy atom. The molecule has 0 saturated carbocycles. The molecule has 3 aromatic carbocycles. The standard InChI is InChI=1S/C32H30N2/c1-24(26-12-5-3-6-13-26)19-22-32(23-20-25(2)27-14-7-4-8-15-27)21-11-18-30-31(32)34-29-17-10-9-16-28(29)33-30/h3-18H,1-2,19-23H2. The Balaban J connectivity index is 1.48. The zero-order valence-corrected chi connectivity index (χ0v) is 19.6. The molecule has 0 amide bonds. The van der Waals surface area contributed by atoms with Crippen LogP contribution in [0.2, 0.25) is 0 Å². The molecule has 0 atom stereocenters. The molecule has 1 aliphatic rings. The summed E-state index contributed by atoms with van der Waals surface area (Å²) in [6.45, 7) is 8.84. The summed E-state index contributed by atoms with van der Waals surface area (Å²) in [4.78, 5) is 10.2. The Morgan fingerprint density at radius 3 is 1.74 bits per heavy atom. The maximum atomic E-state index is 5.20. The van der Waals surface area contributed by atoms with E-state index in [1.165, 1.54) is 22.3 Å². The minimum absolute atomic E-state index is 0.101. The van der Waals surface area contributed by atoms with E-state index in [1.807, 2.05) is 18.2 Å². The minimum atomic E-state index is -0.101. The number of allylic oxidation sites excluding steroid dienone is 3. The van der Waals surface area contributed by atoms with Crippen molar-refractivity contribution in [3.63, 3.8) is 0 Å². The van der Waals surface area contributed by atoms with Crippen molar-refractivity contribution in [1.29, 1.82) is 0 Å². The van der Waals surface area contributed by atoms with Crippen molar-refractivity contribution >= 4 is 28.3 Å². The van der Waals surface area contributed by atoms with Gasteiger partial charge in [-0.1, -0.05) is 92.0 Å². The molecule has 0 N–H and O–H groups in total. The minimum Gasteiger partial charge on any atom is -0.248 e. The Kier molecular flexibility index (Phi) is 6.22. The molecule has 0 unspecified atom stereocenters. The van der Waals surface area contributed by atoms with Gasteiger partial charge in [0.2, 0.25) is 0 Å². The molecule has 4 aromatic rings. The SMILES string of the molecule is C=C(CCC1(CCC(=C)c2ccccc2)CC=Cc2nc3ccccc3nc21)c1ccccc1. The molecule has 1 aromatic heterocycles. The molecule has 1 aliphatic carbocycles. The van der Waals surface area contributed by atoms with Crippen molar-refractivity contribution in [2.24, 2.45) is 0 Å². The largest absolute Gasteiger partial charge is 0.248 e. The van der Waals surface area contributed by atoms with Crippen LogP contribution in [0.3, 0.4) is 0 Å². The first-order chi connectivity index (χ1) is 16.6. The Labute approximate surface area is 202 Å². The topological polar surface area (TPSA) is 25.8 Å². The van der Waals surface area contributed by atoms with Crippen LogP contribution in [0, 0.1) is 0 Å². The Bertz CT molecular complexity index is 1290. The lowest BCUT2D eigenvalue weighted by atomic mass is 9.69. The number of aromatic nitrogens is 2. The average Bonchev–Trinajstić information content (AvgIpc) is 2.90. The molecule has 0 spiro atoms. The summed E-state index contributed by atoms with van der Waals surface area (Å²) in [6.07, 6.45) is 9.18. The van der Waals surface area contributed by atoms with Crippen molar-refractivity contribution in [3.8, 4) is 0 Å². The highest BCUT2D eigenvalue weighted by Gasteiger charge is 2.37. The van der Waals surface area contributed by atoms with Gasteiger partial charge in [-0.3, -0.25) is 0 Å². The lowest BCUT2D eigenvalue weighted by Crippen LogP contribution is -2.30. The lowest BCUT2D eigenvalue weighted by molar-refractivity contribution is 0.362. The normalized spacial score (nSPS) is 14.0. The van der Waals surface area contributed by atoms with Crippen LogP contribution in [0.1, 0.15) is 54.6 Å². The smallest absolute Gasteiger partial charge is 0.0894 e. The summed E-state index contributed by atoms with van der Waals surface area (Å²) >= 11 is 0. The second kappa shape index (κ2) is 9.61. The Morgan fingerprint density at radius 1 is 0.676 bits per heavy atom. The van der Waals surface area contributed by atoms with Crippen LogP contribution in [-0.4, -0.2) is 9.97 Å². The molecular formula is C32H30N2. The molecule has 34 heavy (non-hydrogen) atoms. The zero-order chi connectivity index (χ0) is 23.4. The summed E-state index contributed by atoms with van der Waals surface area (Å²) in [7, 11) is 0. The number of rotatable bonds is 8. The number of nitrogens with zero attached hydrogens (tertiary/aromatic N) is 2. The van der Waals surface area contributed by atoms with Gasteiger partial charge in [0.1, 0.15) is 0 Å². The fourth-order valence-electron chi connectivity index (χ4n) is 5.00. The summed E-state index contributed by atoms with van der Waals surface area (Å²) in [5.74, 6) is 0. The highest BCUT2D eigenvalue weighted by molar-refractivity contribution is 5.76. The lowest BCUT2D eigenvalue weighted by Gasteiger charge is -2.36. The molecule has 168 valence electrons. The molecular weight excluding hydrogens is 412 g/mol. The van der Waals surface area contributed by atoms with Crippen LogP contribution in [0.4, 0.5) is 0 Å². The van der Waals surface area contributed by atoms with E-state index in [4.69, 9.17) is 9.97 Å². The van der Waals surface area contributed by atoms with Crippen molar-refractivity contribution in [2.75, 3.05) is 0 Å². The molecule has 0 bridgehead atoms. The third-order valence-electron chi connectivity index (χ3n) is 7.06. The molecule has 0 fully saturated rings. The highest BCUT2D eigenvalue weighted by Crippen LogP contribution is 2.44. The predicted octanol–water partition coefficient (Wildman–Crippen LogP) is 8.27. The van der Waals surface area contributed by atoms with E-state index in [2.05, 4.69) is 92.0 Å². The van der Waals surface area contributed by atoms with Gasteiger partial charge in [0.15, 0.2) is 0 Å². The van der Waals surface area contributed by atoms with Gasteiger partial charge >= 0.3 is 0 Å². The second-order valence-electron chi connectivity index (χ2n) is 9.27. The molecule has 0 radical (unpaired) electrons. The summed E-state index contributed by atoms with van der Waals surface area (Å²) in [5, 5.41) is 0. The van der Waals surface area contributed by atoms with Crippen molar-refractivity contribution < 1.29 is 0 Å². The van der Waals surface area contributed by atoms with E-state index >= 15 is 0 Å². The van der Waals surface area contributed by atoms with Crippen molar-refractivity contribution in [2.45, 2.75) is 37.5 Å². The summed E-state index contributed by atoms with van der Waals surface area (Å²) in [6, 6.07) is 29.2. The zero-order valence-electron chi connectivity index (χ0n) is 19.6. The maximum absolute atomic E-state index is 5.20. The van der Waals surface area contributed by atoms with E-state index < -0.39 is 0 Å². The van der Waals surface area contributed by atoms with Crippen LogP contribution in [0.5, 0.6) is 0 Å². The van der Waals surface area contributed by atoms with Crippen LogP contribution in [0.25, 0.3) is 28.3 Å². The number of hydrogen-bond acceptors (Lipinski definition) is 2. The summed E-state index contributed by atoms with van der Waals surface area (Å²) < 4.78 is 0. The second-order valence-corrected chi connectivity index (χ2v) is 9.27. The first kappa shape index (κ1) is 22.0. The molecule has 2 nitrogen and oxygen atoms in total. The van der Waals surface area contributed by atoms with Gasteiger partial charge in [0.05, 0.1) is 22.4 Å². The quantitative estimate of drug-likeness (QED) is 0.274. The number of fused-ring (bicyclic) bond motifs is 2. The van der Waals surface area contributed by atoms with Crippen molar-refractivity contribution in [3.05, 3.63) is 127 Å². The van der Waals surface area contributed by atoms with Gasteiger partial charge in [-0.15, -0.1) is 0 Å². The van der Waals surface area contributed by atoms with E-state index in [0.717, 1.165) is 54.5 Å². The fourth-order valence-corrected chi connectivity index (χ4v) is 5.00. The molecule has 5 rings (SSSR count). The van der Waals surface area contributed by atoms with Gasteiger partial charge < -0.3 is 0 Å². The molecule has 0 aliphatic heterocycles. The van der Waals surface area contributed by atoms with E-state index in [-0.39, 0.29) is 5.41 Å². The Hall–Kier alpha value is -3.78. The summed E-state index contributed by atoms with van der Waals surface area (Å²) in [5.41, 5.74) is 8.70. The third kappa shape index (κ3) is 4.49. The first-order valence-corrected chi connectivity index (χ1v) is 12.0. The van der Waals surface area contributed by atoms with Crippen LogP contribution >= 0.6 is 0 Å². The van der Waals surface area contributed by atoms with E-state index in [1.54, 1.807) is 0 Å². The number of hydrogen-bond donors (Lipinski definition) is 0. The fraction of sp³-hybridized carbons (Fsp3) is 0.188. The van der Waals surface area contributed by atoms with Gasteiger partial charge in [-0.05, 0) is 72.6 Å². The third-order valence-corrected chi connectivity index (χ3v) is 7.06. The van der Waals surface area contributed by atoms with E-state index in [0.29, 0.717) is 0 Å². The monoisotopic (exact) mass is 442 g/mol. The highest BCUT2D eigenvalue weighted by atomic mass is 14.8. The number of benzene rings is 3. The van der Waals surface area contributed by atoms with E-state index in [9.17, 15) is 0 Å². The molecule has 2 heteroatoms. The average molecular weight is 443 g/mol. The maximum Gasteiger partial charge on any atom is 0.0894 e. The van der Waals surface area contributed by atoms with Crippen LogP contribution in [0.15, 0.2) is 104 Å². The van der Waals surface area contributed by atoms with Gasteiger partial charge in [0, 0.05) is 5.41 Å². The van der Waals surface area contributed by atoms with Crippen LogP contribution < -0.4 is 0 Å². The first-order valence-electron chi connectivity index (χ1n) is 12.0. The van der Waals surface area contributed by atoms with Gasteiger partial charge in [-0.2, -0.15) is 0 Å². The van der Waals surface area contributed by atoms with Crippen LogP contribution in [-0.2, 0) is 5.41 Å². The predicted molar refractivity (Wildman–Crippen MR) is 144 cm³/mol. The van der Waals surface area contributed by atoms with Gasteiger partial charge in [0.25, 0.3) is 0 Å². The number of para-hydroxylation sites is 2. The molecule has 0 saturated heterocycles. The van der Waals surface area contributed by atoms with Gasteiger partial charge in [-0.25, -0.2) is 9.97 Å². The molecule has 1 heterocycles.